The fourth-order valence-corrected chi connectivity index (χ4v) is 5.70. The van der Waals surface area contributed by atoms with Crippen molar-refractivity contribution in [3.63, 3.8) is 0 Å². The molecule has 0 saturated carbocycles. The molecule has 43 heavy (non-hydrogen) atoms. The van der Waals surface area contributed by atoms with Crippen LogP contribution in [0.1, 0.15) is 45.6 Å². The molecule has 0 radical (unpaired) electrons. The molecule has 2 aliphatic heterocycles. The van der Waals surface area contributed by atoms with Gasteiger partial charge in [0.25, 0.3) is 11.8 Å². The molecule has 3 N–H and O–H groups in total. The van der Waals surface area contributed by atoms with Gasteiger partial charge in [-0.25, -0.2) is 0 Å². The van der Waals surface area contributed by atoms with Gasteiger partial charge in [0.15, 0.2) is 0 Å². The van der Waals surface area contributed by atoms with E-state index in [2.05, 4.69) is 51.0 Å². The molecule has 218 valence electrons. The van der Waals surface area contributed by atoms with Crippen LogP contribution >= 0.6 is 0 Å². The molecule has 0 aliphatic carbocycles. The lowest BCUT2D eigenvalue weighted by atomic mass is 9.98. The lowest BCUT2D eigenvalue weighted by molar-refractivity contribution is -0.110. The van der Waals surface area contributed by atoms with E-state index in [1.165, 1.54) is 5.56 Å². The highest BCUT2D eigenvalue weighted by atomic mass is 16.2. The normalized spacial score (nSPS) is 17.1. The lowest BCUT2D eigenvalue weighted by Crippen LogP contribution is -2.43. The van der Waals surface area contributed by atoms with Gasteiger partial charge in [0.2, 0.25) is 0 Å². The van der Waals surface area contributed by atoms with Crippen molar-refractivity contribution in [3.05, 3.63) is 131 Å². The second-order valence-corrected chi connectivity index (χ2v) is 11.3. The van der Waals surface area contributed by atoms with E-state index in [0.717, 1.165) is 49.5 Å². The molecule has 0 bridgehead atoms. The Labute approximate surface area is 253 Å². The van der Waals surface area contributed by atoms with E-state index in [0.29, 0.717) is 28.1 Å². The number of nitrogens with zero attached hydrogens (tertiary/aromatic N) is 2. The molecule has 6 rings (SSSR count). The summed E-state index contributed by atoms with van der Waals surface area (Å²) in [5.41, 5.74) is 7.13. The van der Waals surface area contributed by atoms with Crippen LogP contribution in [-0.4, -0.2) is 54.8 Å². The number of likely N-dealkylation sites (N-methyl/N-ethyl adjacent to an activating group) is 1. The molecule has 1 fully saturated rings. The first-order valence-corrected chi connectivity index (χ1v) is 14.8. The summed E-state index contributed by atoms with van der Waals surface area (Å²) in [4.78, 5) is 31.7. The highest BCUT2D eigenvalue weighted by Crippen LogP contribution is 2.38. The van der Waals surface area contributed by atoms with Crippen LogP contribution in [0.25, 0.3) is 11.3 Å². The van der Waals surface area contributed by atoms with E-state index >= 15 is 0 Å². The zero-order valence-electron chi connectivity index (χ0n) is 24.6. The molecule has 7 heteroatoms. The van der Waals surface area contributed by atoms with E-state index in [1.807, 2.05) is 85.8 Å². The number of rotatable bonds is 8. The molecule has 0 aromatic heterocycles. The van der Waals surface area contributed by atoms with Gasteiger partial charge in [-0.3, -0.25) is 14.5 Å². The second kappa shape index (κ2) is 12.7. The number of benzene rings is 4. The Morgan fingerprint density at radius 1 is 0.837 bits per heavy atom. The maximum atomic E-state index is 13.5. The van der Waals surface area contributed by atoms with E-state index in [1.54, 1.807) is 6.07 Å². The monoisotopic (exact) mass is 571 g/mol. The summed E-state index contributed by atoms with van der Waals surface area (Å²) in [5, 5.41) is 9.68. The summed E-state index contributed by atoms with van der Waals surface area (Å²) in [6, 6.07) is 33.3. The van der Waals surface area contributed by atoms with Crippen molar-refractivity contribution < 1.29 is 9.59 Å². The van der Waals surface area contributed by atoms with E-state index in [9.17, 15) is 9.59 Å². The number of nitrogens with one attached hydrogen (secondary N) is 3. The van der Waals surface area contributed by atoms with Crippen molar-refractivity contribution >= 4 is 34.5 Å². The van der Waals surface area contributed by atoms with Gasteiger partial charge in [0.1, 0.15) is 0 Å². The predicted octanol–water partition coefficient (Wildman–Crippen LogP) is 5.86. The average molecular weight is 572 g/mol. The van der Waals surface area contributed by atoms with Gasteiger partial charge >= 0.3 is 0 Å². The summed E-state index contributed by atoms with van der Waals surface area (Å²) >= 11 is 0. The Hall–Kier alpha value is -4.72. The van der Waals surface area contributed by atoms with Gasteiger partial charge in [-0.1, -0.05) is 72.8 Å². The minimum absolute atomic E-state index is 0.156. The zero-order valence-corrected chi connectivity index (χ0v) is 24.6. The third-order valence-corrected chi connectivity index (χ3v) is 8.18. The molecule has 0 unspecified atom stereocenters. The quantitative estimate of drug-likeness (QED) is 0.231. The topological polar surface area (TPSA) is 76.7 Å². The second-order valence-electron chi connectivity index (χ2n) is 11.3. The largest absolute Gasteiger partial charge is 0.354 e. The van der Waals surface area contributed by atoms with Crippen LogP contribution in [0.3, 0.4) is 0 Å². The van der Waals surface area contributed by atoms with Gasteiger partial charge in [-0.05, 0) is 61.0 Å². The molecule has 2 aliphatic rings. The molecule has 4 aromatic rings. The molecule has 4 aromatic carbocycles. The van der Waals surface area contributed by atoms with E-state index in [-0.39, 0.29) is 17.9 Å². The smallest absolute Gasteiger partial charge is 0.258 e. The number of fused-ring (bicyclic) bond motifs is 1. The summed E-state index contributed by atoms with van der Waals surface area (Å²) in [7, 11) is 2.17. The first-order chi connectivity index (χ1) is 20.9. The van der Waals surface area contributed by atoms with Crippen molar-refractivity contribution in [2.75, 3.05) is 43.9 Å². The Kier molecular flexibility index (Phi) is 8.36. The van der Waals surface area contributed by atoms with Crippen molar-refractivity contribution in [1.29, 1.82) is 0 Å². The summed E-state index contributed by atoms with van der Waals surface area (Å²) < 4.78 is 0. The molecule has 2 heterocycles. The highest BCUT2D eigenvalue weighted by Gasteiger charge is 2.29. The van der Waals surface area contributed by atoms with Crippen molar-refractivity contribution in [3.8, 4) is 0 Å². The first-order valence-electron chi connectivity index (χ1n) is 14.8. The van der Waals surface area contributed by atoms with E-state index < -0.39 is 0 Å². The first kappa shape index (κ1) is 28.4. The summed E-state index contributed by atoms with van der Waals surface area (Å²) in [6.07, 6.45) is 0. The van der Waals surface area contributed by atoms with Gasteiger partial charge in [-0.2, -0.15) is 0 Å². The van der Waals surface area contributed by atoms with Crippen molar-refractivity contribution in [2.45, 2.75) is 19.5 Å². The molecule has 2 amide bonds. The highest BCUT2D eigenvalue weighted by molar-refractivity contribution is 6.37. The molecule has 0 spiro atoms. The zero-order chi connectivity index (χ0) is 29.8. The summed E-state index contributed by atoms with van der Waals surface area (Å²) in [6.45, 7) is 7.08. The minimum atomic E-state index is -0.204. The standard InChI is InChI=1S/C36H37N5O2/c1-25(27-11-5-3-6-12-27)37-35(42)29-16-17-32-31(23-29)33(36(43)39-32)34(28-13-7-4-8-14-28)38-30-15-9-10-26(22-30)24-41-20-18-40(2)19-21-41/h3-17,22-23,25,38H,18-21,24H2,1-2H3,(H,37,42)(H,39,43)/t25-/m1/s1. The average Bonchev–Trinajstić information content (AvgIpc) is 3.36. The Bertz CT molecular complexity index is 1640. The fourth-order valence-electron chi connectivity index (χ4n) is 5.70. The van der Waals surface area contributed by atoms with Crippen LogP contribution in [0, 0.1) is 0 Å². The van der Waals surface area contributed by atoms with Gasteiger partial charge in [0, 0.05) is 55.2 Å². The Morgan fingerprint density at radius 2 is 1.56 bits per heavy atom. The van der Waals surface area contributed by atoms with Crippen molar-refractivity contribution in [1.82, 2.24) is 15.1 Å². The number of amides is 2. The van der Waals surface area contributed by atoms with Crippen LogP contribution in [-0.2, 0) is 11.3 Å². The van der Waals surface area contributed by atoms with E-state index in [4.69, 9.17) is 0 Å². The molecular formula is C36H37N5O2. The Morgan fingerprint density at radius 3 is 2.30 bits per heavy atom. The third-order valence-electron chi connectivity index (χ3n) is 8.18. The van der Waals surface area contributed by atoms with Crippen LogP contribution in [0.15, 0.2) is 103 Å². The van der Waals surface area contributed by atoms with Gasteiger partial charge < -0.3 is 20.9 Å². The van der Waals surface area contributed by atoms with Gasteiger partial charge in [-0.15, -0.1) is 0 Å². The minimum Gasteiger partial charge on any atom is -0.354 e. The number of hydrogen-bond acceptors (Lipinski definition) is 5. The van der Waals surface area contributed by atoms with Crippen LogP contribution in [0.2, 0.25) is 0 Å². The maximum Gasteiger partial charge on any atom is 0.258 e. The fraction of sp³-hybridized carbons (Fsp3) is 0.222. The van der Waals surface area contributed by atoms with Crippen LogP contribution in [0.5, 0.6) is 0 Å². The SMILES string of the molecule is C[C@@H](NC(=O)c1ccc2c(c1)C(=C(Nc1cccc(CN3CCN(C)CC3)c1)c1ccccc1)C(=O)N2)c1ccccc1. The summed E-state index contributed by atoms with van der Waals surface area (Å²) in [5.74, 6) is -0.395. The lowest BCUT2D eigenvalue weighted by Gasteiger charge is -2.32. The molecule has 1 saturated heterocycles. The number of carbonyl (C=O) groups is 2. The van der Waals surface area contributed by atoms with Crippen molar-refractivity contribution in [2.24, 2.45) is 0 Å². The number of carbonyl (C=O) groups excluding carboxylic acids is 2. The molecular weight excluding hydrogens is 534 g/mol. The van der Waals surface area contributed by atoms with Gasteiger partial charge in [0.05, 0.1) is 17.3 Å². The number of hydrogen-bond donors (Lipinski definition) is 3. The Balaban J connectivity index is 1.32. The van der Waals surface area contributed by atoms with Crippen LogP contribution < -0.4 is 16.0 Å². The van der Waals surface area contributed by atoms with Crippen LogP contribution in [0.4, 0.5) is 11.4 Å². The number of piperazine rings is 1. The maximum absolute atomic E-state index is 13.5. The molecule has 1 atom stereocenters. The molecule has 7 nitrogen and oxygen atoms in total. The number of anilines is 2. The third kappa shape index (κ3) is 6.53. The predicted molar refractivity (Wildman–Crippen MR) is 173 cm³/mol.